The molecule has 1 atom stereocenters. The van der Waals surface area contributed by atoms with Gasteiger partial charge in [0.05, 0.1) is 20.1 Å². The van der Waals surface area contributed by atoms with Crippen LogP contribution in [-0.4, -0.2) is 19.7 Å². The summed E-state index contributed by atoms with van der Waals surface area (Å²) >= 11 is 0. The fourth-order valence-corrected chi connectivity index (χ4v) is 1.46. The van der Waals surface area contributed by atoms with Gasteiger partial charge in [-0.3, -0.25) is 4.79 Å². The summed E-state index contributed by atoms with van der Waals surface area (Å²) in [6.07, 6.45) is 0.255. The molecule has 0 bridgehead atoms. The first-order chi connectivity index (χ1) is 8.04. The monoisotopic (exact) mass is 237 g/mol. The maximum atomic E-state index is 10.9. The molecular weight excluding hydrogens is 218 g/mol. The molecule has 1 rings (SSSR count). The highest BCUT2D eigenvalue weighted by Crippen LogP contribution is 2.21. The molecule has 17 heavy (non-hydrogen) atoms. The van der Waals surface area contributed by atoms with Gasteiger partial charge in [0, 0.05) is 6.04 Å². The van der Waals surface area contributed by atoms with E-state index in [-0.39, 0.29) is 18.4 Å². The van der Waals surface area contributed by atoms with Gasteiger partial charge in [-0.05, 0) is 31.0 Å². The zero-order valence-corrected chi connectivity index (χ0v) is 10.5. The van der Waals surface area contributed by atoms with Gasteiger partial charge in [-0.15, -0.1) is 0 Å². The smallest absolute Gasteiger partial charge is 0.308 e. The Kier molecular flexibility index (Phi) is 4.97. The van der Waals surface area contributed by atoms with Gasteiger partial charge >= 0.3 is 5.97 Å². The summed E-state index contributed by atoms with van der Waals surface area (Å²) in [5.41, 5.74) is 7.88. The standard InChI is InChI=1S/C13H19NO3/c1-9-8-11(10(2)14)4-5-12(9)17-7-6-13(15)16-3/h4-5,8,10H,6-7,14H2,1-3H3/t10-/m0/s1. The molecule has 94 valence electrons. The number of aryl methyl sites for hydroxylation is 1. The number of hydrogen-bond acceptors (Lipinski definition) is 4. The van der Waals surface area contributed by atoms with Crippen LogP contribution in [-0.2, 0) is 9.53 Å². The molecule has 0 aliphatic rings. The zero-order chi connectivity index (χ0) is 12.8. The van der Waals surface area contributed by atoms with E-state index in [4.69, 9.17) is 10.5 Å². The average Bonchev–Trinajstić information content (AvgIpc) is 2.30. The lowest BCUT2D eigenvalue weighted by Crippen LogP contribution is -2.09. The Balaban J connectivity index is 2.57. The number of carbonyl (C=O) groups excluding carboxylic acids is 1. The molecule has 1 aromatic carbocycles. The molecule has 0 heterocycles. The molecule has 0 aliphatic heterocycles. The molecule has 0 aliphatic carbocycles. The number of esters is 1. The van der Waals surface area contributed by atoms with Crippen molar-refractivity contribution < 1.29 is 14.3 Å². The molecule has 0 aromatic heterocycles. The van der Waals surface area contributed by atoms with Crippen molar-refractivity contribution in [1.82, 2.24) is 0 Å². The molecule has 0 radical (unpaired) electrons. The lowest BCUT2D eigenvalue weighted by atomic mass is 10.1. The van der Waals surface area contributed by atoms with Gasteiger partial charge in [-0.2, -0.15) is 0 Å². The lowest BCUT2D eigenvalue weighted by molar-refractivity contribution is -0.141. The van der Waals surface area contributed by atoms with Crippen molar-refractivity contribution in [2.24, 2.45) is 5.73 Å². The van der Waals surface area contributed by atoms with E-state index in [1.54, 1.807) is 0 Å². The van der Waals surface area contributed by atoms with Gasteiger partial charge in [0.2, 0.25) is 0 Å². The molecule has 4 heteroatoms. The van der Waals surface area contributed by atoms with Gasteiger partial charge in [0.15, 0.2) is 0 Å². The predicted octanol–water partition coefficient (Wildman–Crippen LogP) is 1.96. The summed E-state index contributed by atoms with van der Waals surface area (Å²) in [6, 6.07) is 5.83. The Morgan fingerprint density at radius 2 is 2.18 bits per heavy atom. The van der Waals surface area contributed by atoms with E-state index in [0.717, 1.165) is 16.9 Å². The summed E-state index contributed by atoms with van der Waals surface area (Å²) in [5.74, 6) is 0.508. The van der Waals surface area contributed by atoms with Crippen LogP contribution in [0.3, 0.4) is 0 Å². The second-order valence-electron chi connectivity index (χ2n) is 3.99. The fourth-order valence-electron chi connectivity index (χ4n) is 1.46. The topological polar surface area (TPSA) is 61.5 Å². The zero-order valence-electron chi connectivity index (χ0n) is 10.5. The van der Waals surface area contributed by atoms with E-state index in [1.165, 1.54) is 7.11 Å². The van der Waals surface area contributed by atoms with Crippen molar-refractivity contribution in [3.05, 3.63) is 29.3 Å². The van der Waals surface area contributed by atoms with Crippen molar-refractivity contribution in [2.75, 3.05) is 13.7 Å². The summed E-state index contributed by atoms with van der Waals surface area (Å²) in [7, 11) is 1.37. The van der Waals surface area contributed by atoms with E-state index < -0.39 is 0 Å². The molecule has 0 saturated heterocycles. The van der Waals surface area contributed by atoms with Crippen LogP contribution in [0.5, 0.6) is 5.75 Å². The van der Waals surface area contributed by atoms with Crippen LogP contribution in [0.25, 0.3) is 0 Å². The van der Waals surface area contributed by atoms with Crippen LogP contribution in [0.1, 0.15) is 30.5 Å². The minimum Gasteiger partial charge on any atom is -0.493 e. The van der Waals surface area contributed by atoms with Crippen LogP contribution in [0.4, 0.5) is 0 Å². The third kappa shape index (κ3) is 4.07. The first-order valence-corrected chi connectivity index (χ1v) is 5.60. The average molecular weight is 237 g/mol. The minimum atomic E-state index is -0.269. The Hall–Kier alpha value is -1.55. The highest BCUT2D eigenvalue weighted by Gasteiger charge is 2.05. The highest BCUT2D eigenvalue weighted by atomic mass is 16.5. The van der Waals surface area contributed by atoms with Gasteiger partial charge in [0.1, 0.15) is 5.75 Å². The summed E-state index contributed by atoms with van der Waals surface area (Å²) < 4.78 is 10.0. The van der Waals surface area contributed by atoms with Crippen molar-refractivity contribution in [2.45, 2.75) is 26.3 Å². The Morgan fingerprint density at radius 1 is 1.47 bits per heavy atom. The normalized spacial score (nSPS) is 12.0. The molecule has 0 fully saturated rings. The predicted molar refractivity (Wildman–Crippen MR) is 65.9 cm³/mol. The van der Waals surface area contributed by atoms with Gasteiger partial charge in [-0.1, -0.05) is 12.1 Å². The van der Waals surface area contributed by atoms with Crippen LogP contribution in [0.15, 0.2) is 18.2 Å². The van der Waals surface area contributed by atoms with Crippen LogP contribution in [0, 0.1) is 6.92 Å². The summed E-state index contributed by atoms with van der Waals surface area (Å²) in [6.45, 7) is 4.22. The van der Waals surface area contributed by atoms with Gasteiger partial charge in [-0.25, -0.2) is 0 Å². The molecule has 2 N–H and O–H groups in total. The Morgan fingerprint density at radius 3 is 2.71 bits per heavy atom. The number of methoxy groups -OCH3 is 1. The summed E-state index contributed by atoms with van der Waals surface area (Å²) in [5, 5.41) is 0. The number of nitrogens with two attached hydrogens (primary N) is 1. The summed E-state index contributed by atoms with van der Waals surface area (Å²) in [4.78, 5) is 10.9. The van der Waals surface area contributed by atoms with Crippen LogP contribution in [0.2, 0.25) is 0 Å². The van der Waals surface area contributed by atoms with Gasteiger partial charge in [0.25, 0.3) is 0 Å². The molecule has 4 nitrogen and oxygen atoms in total. The third-order valence-electron chi connectivity index (χ3n) is 2.52. The number of hydrogen-bond donors (Lipinski definition) is 1. The number of carbonyl (C=O) groups is 1. The van der Waals surface area contributed by atoms with E-state index in [2.05, 4.69) is 4.74 Å². The lowest BCUT2D eigenvalue weighted by Gasteiger charge is -2.11. The third-order valence-corrected chi connectivity index (χ3v) is 2.52. The first kappa shape index (κ1) is 13.5. The van der Waals surface area contributed by atoms with Crippen LogP contribution >= 0.6 is 0 Å². The van der Waals surface area contributed by atoms with Crippen molar-refractivity contribution >= 4 is 5.97 Å². The van der Waals surface area contributed by atoms with Crippen LogP contribution < -0.4 is 10.5 Å². The highest BCUT2D eigenvalue weighted by molar-refractivity contribution is 5.69. The molecular formula is C13H19NO3. The fraction of sp³-hybridized carbons (Fsp3) is 0.462. The van der Waals surface area contributed by atoms with Crippen molar-refractivity contribution in [1.29, 1.82) is 0 Å². The first-order valence-electron chi connectivity index (χ1n) is 5.60. The van der Waals surface area contributed by atoms with E-state index in [9.17, 15) is 4.79 Å². The SMILES string of the molecule is COC(=O)CCOc1ccc([C@H](C)N)cc1C. The molecule has 0 unspecified atom stereocenters. The minimum absolute atomic E-state index is 0.0119. The second-order valence-corrected chi connectivity index (χ2v) is 3.99. The maximum Gasteiger partial charge on any atom is 0.308 e. The van der Waals surface area contributed by atoms with E-state index in [1.807, 2.05) is 32.0 Å². The van der Waals surface area contributed by atoms with Crippen molar-refractivity contribution in [3.63, 3.8) is 0 Å². The maximum absolute atomic E-state index is 10.9. The Labute approximate surface area is 102 Å². The quantitative estimate of drug-likeness (QED) is 0.795. The molecule has 0 spiro atoms. The van der Waals surface area contributed by atoms with Crippen molar-refractivity contribution in [3.8, 4) is 5.75 Å². The molecule has 0 amide bonds. The van der Waals surface area contributed by atoms with E-state index >= 15 is 0 Å². The van der Waals surface area contributed by atoms with Gasteiger partial charge < -0.3 is 15.2 Å². The number of rotatable bonds is 5. The number of ether oxygens (including phenoxy) is 2. The largest absolute Gasteiger partial charge is 0.493 e. The Bertz CT molecular complexity index is 388. The van der Waals surface area contributed by atoms with E-state index in [0.29, 0.717) is 6.61 Å². The number of benzene rings is 1. The second kappa shape index (κ2) is 6.25. The molecule has 1 aromatic rings. The molecule has 0 saturated carbocycles.